The molecule has 9 heavy (non-hydrogen) atoms. The van der Waals surface area contributed by atoms with E-state index >= 15 is 0 Å². The molecule has 0 heterocycles. The molecule has 5 N–H and O–H groups in total. The maximum atomic E-state index is 8.59. The quantitative estimate of drug-likeness (QED) is 0.131. The largest absolute Gasteiger partial charge is 0.395 e. The lowest BCUT2D eigenvalue weighted by atomic mass is 10.7. The molecule has 58 valence electrons. The van der Waals surface area contributed by atoms with E-state index in [0.29, 0.717) is 6.54 Å². The van der Waals surface area contributed by atoms with Crippen LogP contribution in [0, 0.1) is 0 Å². The number of hydrogen-bond donors (Lipinski definition) is 5. The lowest BCUT2D eigenvalue weighted by Crippen LogP contribution is -2.24. The zero-order valence-corrected chi connectivity index (χ0v) is 5.54. The van der Waals surface area contributed by atoms with Gasteiger partial charge in [0, 0.05) is 6.54 Å². The van der Waals surface area contributed by atoms with Gasteiger partial charge in [0.15, 0.2) is 0 Å². The fraction of sp³-hybridized carbons (Fsp3) is 1.00. The Morgan fingerprint density at radius 2 is 1.89 bits per heavy atom. The second kappa shape index (κ2) is 10.7. The first-order valence-electron chi connectivity index (χ1n) is 2.02. The van der Waals surface area contributed by atoms with Gasteiger partial charge in [0.25, 0.3) is 11.0 Å². The summed E-state index contributed by atoms with van der Waals surface area (Å²) in [6, 6.07) is 0. The molecule has 0 radical (unpaired) electrons. The van der Waals surface area contributed by atoms with Crippen LogP contribution in [0.2, 0.25) is 0 Å². The van der Waals surface area contributed by atoms with Crippen LogP contribution >= 0.6 is 0 Å². The Kier molecular flexibility index (Phi) is 13.8. The maximum absolute atomic E-state index is 8.59. The SMILES string of the molecule is NNCCO.O=[SH](=O)O. The molecule has 0 spiro atoms. The Hall–Kier alpha value is -0.210. The minimum atomic E-state index is -3.12. The molecule has 0 aromatic carbocycles. The zero-order chi connectivity index (χ0) is 7.70. The topological polar surface area (TPSA) is 113 Å². The number of nitrogens with one attached hydrogen (secondary N) is 1. The van der Waals surface area contributed by atoms with Gasteiger partial charge in [0.1, 0.15) is 0 Å². The smallest absolute Gasteiger partial charge is 0.254 e. The van der Waals surface area contributed by atoms with Gasteiger partial charge >= 0.3 is 0 Å². The molecule has 0 aliphatic rings. The summed E-state index contributed by atoms with van der Waals surface area (Å²) in [6.07, 6.45) is 0. The summed E-state index contributed by atoms with van der Waals surface area (Å²) in [5.74, 6) is 4.73. The molecule has 0 unspecified atom stereocenters. The standard InChI is InChI=1S/C2H8N2O.H2O3S/c3-4-1-2-5;1-4(2)3/h4-5H,1-3H2;4H,(H,1,2,3). The van der Waals surface area contributed by atoms with Gasteiger partial charge < -0.3 is 5.11 Å². The third-order valence-corrected chi connectivity index (χ3v) is 0.256. The molecule has 0 bridgehead atoms. The first-order valence-corrected chi connectivity index (χ1v) is 3.15. The van der Waals surface area contributed by atoms with Crippen molar-refractivity contribution < 1.29 is 18.1 Å². The van der Waals surface area contributed by atoms with E-state index in [-0.39, 0.29) is 6.61 Å². The average Bonchev–Trinajstić information content (AvgIpc) is 1.66. The van der Waals surface area contributed by atoms with Crippen LogP contribution in [0.5, 0.6) is 0 Å². The van der Waals surface area contributed by atoms with Crippen molar-refractivity contribution >= 4 is 11.0 Å². The molecule has 0 aliphatic heterocycles. The van der Waals surface area contributed by atoms with Gasteiger partial charge in [0.2, 0.25) is 0 Å². The minimum Gasteiger partial charge on any atom is -0.395 e. The Balaban J connectivity index is 0. The summed E-state index contributed by atoms with van der Waals surface area (Å²) in [7, 11) is -3.12. The molecule has 6 nitrogen and oxygen atoms in total. The number of hydrogen-bond acceptors (Lipinski definition) is 5. The highest BCUT2D eigenvalue weighted by Gasteiger charge is 1.66. The number of nitrogens with two attached hydrogens (primary N) is 1. The van der Waals surface area contributed by atoms with Gasteiger partial charge in [-0.3, -0.25) is 15.8 Å². The molecule has 0 saturated heterocycles. The first kappa shape index (κ1) is 11.6. The molecule has 0 rings (SSSR count). The van der Waals surface area contributed by atoms with E-state index < -0.39 is 11.0 Å². The molecule has 0 fully saturated rings. The van der Waals surface area contributed by atoms with Gasteiger partial charge in [-0.15, -0.1) is 0 Å². The van der Waals surface area contributed by atoms with Gasteiger partial charge in [-0.25, -0.2) is 8.42 Å². The van der Waals surface area contributed by atoms with Crippen LogP contribution in [0.15, 0.2) is 0 Å². The van der Waals surface area contributed by atoms with E-state index in [0.717, 1.165) is 0 Å². The zero-order valence-electron chi connectivity index (χ0n) is 4.65. The van der Waals surface area contributed by atoms with Crippen LogP contribution in [0.4, 0.5) is 0 Å². The predicted octanol–water partition coefficient (Wildman–Crippen LogP) is -2.49. The van der Waals surface area contributed by atoms with E-state index in [1.54, 1.807) is 0 Å². The molecular weight excluding hydrogens is 148 g/mol. The predicted molar refractivity (Wildman–Crippen MR) is 32.2 cm³/mol. The van der Waals surface area contributed by atoms with Crippen molar-refractivity contribution in [2.24, 2.45) is 5.84 Å². The van der Waals surface area contributed by atoms with Crippen LogP contribution in [0.3, 0.4) is 0 Å². The number of aliphatic hydroxyl groups excluding tert-OH is 1. The van der Waals surface area contributed by atoms with Crippen LogP contribution in [0.25, 0.3) is 0 Å². The Labute approximate surface area is 54.4 Å². The van der Waals surface area contributed by atoms with Crippen molar-refractivity contribution in [2.45, 2.75) is 0 Å². The Bertz CT molecular complexity index is 92.7. The van der Waals surface area contributed by atoms with E-state index in [9.17, 15) is 0 Å². The number of rotatable bonds is 2. The molecule has 0 aliphatic carbocycles. The van der Waals surface area contributed by atoms with Crippen molar-refractivity contribution in [3.63, 3.8) is 0 Å². The summed E-state index contributed by atoms with van der Waals surface area (Å²) < 4.78 is 24.2. The minimum absolute atomic E-state index is 0.108. The summed E-state index contributed by atoms with van der Waals surface area (Å²) in [6.45, 7) is 0.580. The Morgan fingerprint density at radius 3 is 1.89 bits per heavy atom. The maximum Gasteiger partial charge on any atom is 0.254 e. The van der Waals surface area contributed by atoms with Crippen molar-refractivity contribution in [3.05, 3.63) is 0 Å². The van der Waals surface area contributed by atoms with Crippen molar-refractivity contribution in [3.8, 4) is 0 Å². The summed E-state index contributed by atoms with van der Waals surface area (Å²) >= 11 is 0. The van der Waals surface area contributed by atoms with Gasteiger partial charge in [-0.1, -0.05) is 0 Å². The monoisotopic (exact) mass is 158 g/mol. The fourth-order valence-electron chi connectivity index (χ4n) is 0.0645. The highest BCUT2D eigenvalue weighted by Crippen LogP contribution is 1.39. The molecular formula is C2H10N2O4S. The van der Waals surface area contributed by atoms with Gasteiger partial charge in [-0.2, -0.15) is 0 Å². The molecule has 0 amide bonds. The number of thiol groups is 1. The summed E-state index contributed by atoms with van der Waals surface area (Å²) in [4.78, 5) is 0. The van der Waals surface area contributed by atoms with Crippen LogP contribution in [-0.2, 0) is 11.0 Å². The second-order valence-corrected chi connectivity index (χ2v) is 1.39. The summed E-state index contributed by atoms with van der Waals surface area (Å²) in [5.41, 5.74) is 2.27. The lowest BCUT2D eigenvalue weighted by Gasteiger charge is -1.84. The lowest BCUT2D eigenvalue weighted by molar-refractivity contribution is 0.293. The molecule has 0 atom stereocenters. The molecule has 0 saturated carbocycles. The molecule has 7 heteroatoms. The first-order chi connectivity index (χ1) is 4.15. The Morgan fingerprint density at radius 1 is 1.56 bits per heavy atom. The normalized spacial score (nSPS) is 8.44. The van der Waals surface area contributed by atoms with Crippen LogP contribution in [-0.4, -0.2) is 31.2 Å². The highest BCUT2D eigenvalue weighted by atomic mass is 32.2. The van der Waals surface area contributed by atoms with Gasteiger partial charge in [0.05, 0.1) is 6.61 Å². The van der Waals surface area contributed by atoms with E-state index in [2.05, 4.69) is 5.43 Å². The van der Waals surface area contributed by atoms with E-state index in [1.165, 1.54) is 0 Å². The van der Waals surface area contributed by atoms with Crippen molar-refractivity contribution in [2.75, 3.05) is 13.2 Å². The highest BCUT2D eigenvalue weighted by molar-refractivity contribution is 7.66. The molecule has 0 aromatic heterocycles. The number of hydrazine groups is 1. The fourth-order valence-corrected chi connectivity index (χ4v) is 0.0645. The van der Waals surface area contributed by atoms with Crippen LogP contribution < -0.4 is 11.3 Å². The third-order valence-electron chi connectivity index (χ3n) is 0.256. The second-order valence-electron chi connectivity index (χ2n) is 0.916. The van der Waals surface area contributed by atoms with Gasteiger partial charge in [-0.05, 0) is 0 Å². The number of aliphatic hydroxyl groups is 1. The van der Waals surface area contributed by atoms with E-state index in [1.807, 2.05) is 0 Å². The van der Waals surface area contributed by atoms with Crippen molar-refractivity contribution in [1.82, 2.24) is 5.43 Å². The van der Waals surface area contributed by atoms with Crippen LogP contribution in [0.1, 0.15) is 0 Å². The summed E-state index contributed by atoms with van der Waals surface area (Å²) in [5, 5.41) is 7.92. The average molecular weight is 158 g/mol. The third kappa shape index (κ3) is 81.5. The van der Waals surface area contributed by atoms with E-state index in [4.69, 9.17) is 23.9 Å². The molecule has 0 aromatic rings. The van der Waals surface area contributed by atoms with Crippen molar-refractivity contribution in [1.29, 1.82) is 0 Å².